The van der Waals surface area contributed by atoms with Crippen molar-refractivity contribution < 1.29 is 14.3 Å². The fraction of sp³-hybridized carbons (Fsp3) is 0.562. The van der Waals surface area contributed by atoms with Crippen molar-refractivity contribution in [2.75, 3.05) is 33.4 Å². The molecule has 1 fully saturated rings. The topological polar surface area (TPSA) is 64.8 Å². The van der Waals surface area contributed by atoms with Gasteiger partial charge in [0.2, 0.25) is 0 Å². The van der Waals surface area contributed by atoms with Crippen molar-refractivity contribution in [3.8, 4) is 5.75 Å². The lowest BCUT2D eigenvalue weighted by Gasteiger charge is -2.32. The lowest BCUT2D eigenvalue weighted by Crippen LogP contribution is -2.43. The van der Waals surface area contributed by atoms with E-state index in [4.69, 9.17) is 15.2 Å². The van der Waals surface area contributed by atoms with E-state index in [1.54, 1.807) is 7.11 Å². The normalized spacial score (nSPS) is 18.6. The van der Waals surface area contributed by atoms with Crippen LogP contribution in [-0.2, 0) is 16.1 Å². The van der Waals surface area contributed by atoms with E-state index in [2.05, 4.69) is 0 Å². The average molecular weight is 292 g/mol. The maximum absolute atomic E-state index is 12.2. The summed E-state index contributed by atoms with van der Waals surface area (Å²) in [4.78, 5) is 14.1. The summed E-state index contributed by atoms with van der Waals surface area (Å²) in [6, 6.07) is 7.56. The molecular formula is C16H24N2O3. The van der Waals surface area contributed by atoms with Crippen molar-refractivity contribution in [1.82, 2.24) is 4.90 Å². The van der Waals surface area contributed by atoms with Crippen molar-refractivity contribution in [3.63, 3.8) is 0 Å². The molecule has 1 aliphatic rings. The quantitative estimate of drug-likeness (QED) is 0.861. The summed E-state index contributed by atoms with van der Waals surface area (Å²) in [7, 11) is 1.70. The van der Waals surface area contributed by atoms with Crippen LogP contribution in [-0.4, -0.2) is 44.2 Å². The molecule has 2 rings (SSSR count). The van der Waals surface area contributed by atoms with Gasteiger partial charge in [0.15, 0.2) is 6.61 Å². The highest BCUT2D eigenvalue weighted by Crippen LogP contribution is 2.19. The molecular weight excluding hydrogens is 268 g/mol. The SMILES string of the molecule is COCC1CCCN(C(=O)COc2ccccc2CN)C1. The monoisotopic (exact) mass is 292 g/mol. The predicted molar refractivity (Wildman–Crippen MR) is 81.0 cm³/mol. The minimum atomic E-state index is 0.0302. The van der Waals surface area contributed by atoms with Crippen molar-refractivity contribution in [2.45, 2.75) is 19.4 Å². The van der Waals surface area contributed by atoms with Crippen molar-refractivity contribution >= 4 is 5.91 Å². The molecule has 1 amide bonds. The van der Waals surface area contributed by atoms with E-state index in [-0.39, 0.29) is 12.5 Å². The van der Waals surface area contributed by atoms with Crippen LogP contribution in [0.4, 0.5) is 0 Å². The van der Waals surface area contributed by atoms with Gasteiger partial charge in [0.1, 0.15) is 5.75 Å². The van der Waals surface area contributed by atoms with Crippen LogP contribution in [0.5, 0.6) is 5.75 Å². The standard InChI is InChI=1S/C16H24N2O3/c1-20-11-13-5-4-8-18(10-13)16(19)12-21-15-7-3-2-6-14(15)9-17/h2-3,6-7,13H,4-5,8-12,17H2,1H3. The Morgan fingerprint density at radius 3 is 3.00 bits per heavy atom. The van der Waals surface area contributed by atoms with Crippen LogP contribution in [0.15, 0.2) is 24.3 Å². The molecule has 1 saturated heterocycles. The Morgan fingerprint density at radius 2 is 2.24 bits per heavy atom. The second-order valence-electron chi connectivity index (χ2n) is 5.40. The molecule has 1 unspecified atom stereocenters. The largest absolute Gasteiger partial charge is 0.483 e. The molecule has 0 aromatic heterocycles. The van der Waals surface area contributed by atoms with Crippen molar-refractivity contribution in [2.24, 2.45) is 11.7 Å². The number of amides is 1. The lowest BCUT2D eigenvalue weighted by atomic mass is 9.99. The van der Waals surface area contributed by atoms with Crippen LogP contribution in [0.1, 0.15) is 18.4 Å². The van der Waals surface area contributed by atoms with E-state index >= 15 is 0 Å². The highest BCUT2D eigenvalue weighted by atomic mass is 16.5. The van der Waals surface area contributed by atoms with Gasteiger partial charge in [-0.25, -0.2) is 0 Å². The summed E-state index contributed by atoms with van der Waals surface area (Å²) in [5.74, 6) is 1.16. The number of carbonyl (C=O) groups is 1. The van der Waals surface area contributed by atoms with Gasteiger partial charge < -0.3 is 20.1 Å². The molecule has 5 heteroatoms. The van der Waals surface area contributed by atoms with Crippen LogP contribution in [0.3, 0.4) is 0 Å². The van der Waals surface area contributed by atoms with Crippen LogP contribution < -0.4 is 10.5 Å². The molecule has 0 radical (unpaired) electrons. The van der Waals surface area contributed by atoms with Gasteiger partial charge in [0.25, 0.3) is 5.91 Å². The fourth-order valence-corrected chi connectivity index (χ4v) is 2.71. The highest BCUT2D eigenvalue weighted by molar-refractivity contribution is 5.77. The molecule has 5 nitrogen and oxygen atoms in total. The molecule has 1 aliphatic heterocycles. The van der Waals surface area contributed by atoms with Crippen LogP contribution in [0.2, 0.25) is 0 Å². The summed E-state index contributed by atoms with van der Waals surface area (Å²) < 4.78 is 10.8. The number of carbonyl (C=O) groups excluding carboxylic acids is 1. The van der Waals surface area contributed by atoms with Crippen LogP contribution >= 0.6 is 0 Å². The smallest absolute Gasteiger partial charge is 0.260 e. The van der Waals surface area contributed by atoms with Gasteiger partial charge >= 0.3 is 0 Å². The Balaban J connectivity index is 1.86. The van der Waals surface area contributed by atoms with E-state index in [0.29, 0.717) is 24.8 Å². The minimum Gasteiger partial charge on any atom is -0.483 e. The van der Waals surface area contributed by atoms with Crippen LogP contribution in [0, 0.1) is 5.92 Å². The zero-order valence-corrected chi connectivity index (χ0v) is 12.6. The zero-order valence-electron chi connectivity index (χ0n) is 12.6. The number of hydrogen-bond donors (Lipinski definition) is 1. The molecule has 0 bridgehead atoms. The zero-order chi connectivity index (χ0) is 15.1. The van der Waals surface area contributed by atoms with Gasteiger partial charge in [-0.1, -0.05) is 18.2 Å². The highest BCUT2D eigenvalue weighted by Gasteiger charge is 2.23. The number of para-hydroxylation sites is 1. The van der Waals surface area contributed by atoms with Crippen LogP contribution in [0.25, 0.3) is 0 Å². The predicted octanol–water partition coefficient (Wildman–Crippen LogP) is 1.41. The van der Waals surface area contributed by atoms with Gasteiger partial charge in [0.05, 0.1) is 6.61 Å². The van der Waals surface area contributed by atoms with E-state index in [1.165, 1.54) is 0 Å². The summed E-state index contributed by atoms with van der Waals surface area (Å²) in [6.45, 7) is 2.75. The van der Waals surface area contributed by atoms with Crippen molar-refractivity contribution in [3.05, 3.63) is 29.8 Å². The molecule has 0 aliphatic carbocycles. The first-order chi connectivity index (χ1) is 10.2. The molecule has 1 aromatic rings. The Labute approximate surface area is 126 Å². The molecule has 21 heavy (non-hydrogen) atoms. The molecule has 0 saturated carbocycles. The number of benzene rings is 1. The Kier molecular flexibility index (Phi) is 6.02. The summed E-state index contributed by atoms with van der Waals surface area (Å²) >= 11 is 0. The fourth-order valence-electron chi connectivity index (χ4n) is 2.71. The summed E-state index contributed by atoms with van der Waals surface area (Å²) in [5.41, 5.74) is 6.58. The first kappa shape index (κ1) is 15.8. The summed E-state index contributed by atoms with van der Waals surface area (Å²) in [6.07, 6.45) is 2.15. The maximum atomic E-state index is 12.2. The van der Waals surface area contributed by atoms with Gasteiger partial charge in [-0.15, -0.1) is 0 Å². The van der Waals surface area contributed by atoms with E-state index in [1.807, 2.05) is 29.2 Å². The second kappa shape index (κ2) is 8.00. The number of nitrogens with zero attached hydrogens (tertiary/aromatic N) is 1. The third kappa shape index (κ3) is 4.44. The molecule has 1 aromatic carbocycles. The third-order valence-corrected chi connectivity index (χ3v) is 3.82. The summed E-state index contributed by atoms with van der Waals surface area (Å²) in [5, 5.41) is 0. The molecule has 1 heterocycles. The molecule has 0 spiro atoms. The number of rotatable bonds is 6. The lowest BCUT2D eigenvalue weighted by molar-refractivity contribution is -0.135. The number of methoxy groups -OCH3 is 1. The van der Waals surface area contributed by atoms with Gasteiger partial charge in [0, 0.05) is 32.3 Å². The average Bonchev–Trinajstić information content (AvgIpc) is 2.53. The number of ether oxygens (including phenoxy) is 2. The van der Waals surface area contributed by atoms with E-state index in [9.17, 15) is 4.79 Å². The molecule has 116 valence electrons. The first-order valence-electron chi connectivity index (χ1n) is 7.42. The van der Waals surface area contributed by atoms with Gasteiger partial charge in [-0.05, 0) is 24.8 Å². The van der Waals surface area contributed by atoms with Gasteiger partial charge in [-0.3, -0.25) is 4.79 Å². The molecule has 1 atom stereocenters. The Hall–Kier alpha value is -1.59. The number of hydrogen-bond acceptors (Lipinski definition) is 4. The van der Waals surface area contributed by atoms with E-state index < -0.39 is 0 Å². The number of likely N-dealkylation sites (tertiary alicyclic amines) is 1. The van der Waals surface area contributed by atoms with Gasteiger partial charge in [-0.2, -0.15) is 0 Å². The van der Waals surface area contributed by atoms with Crippen molar-refractivity contribution in [1.29, 1.82) is 0 Å². The Morgan fingerprint density at radius 1 is 1.43 bits per heavy atom. The third-order valence-electron chi connectivity index (χ3n) is 3.82. The van der Waals surface area contributed by atoms with E-state index in [0.717, 1.165) is 31.5 Å². The minimum absolute atomic E-state index is 0.0302. The Bertz CT molecular complexity index is 463. The number of piperidine rings is 1. The molecule has 2 N–H and O–H groups in total. The first-order valence-corrected chi connectivity index (χ1v) is 7.42. The maximum Gasteiger partial charge on any atom is 0.260 e. The number of nitrogens with two attached hydrogens (primary N) is 1. The second-order valence-corrected chi connectivity index (χ2v) is 5.40.